The molecule has 0 N–H and O–H groups in total. The van der Waals surface area contributed by atoms with E-state index in [0.29, 0.717) is 21.7 Å². The normalized spacial score (nSPS) is 11.0. The third-order valence-corrected chi connectivity index (χ3v) is 4.21. The Balaban J connectivity index is 2.12. The minimum Gasteiger partial charge on any atom is -0.437 e. The van der Waals surface area contributed by atoms with E-state index in [1.165, 1.54) is 11.3 Å². The van der Waals surface area contributed by atoms with Crippen LogP contribution < -0.4 is 4.74 Å². The summed E-state index contributed by atoms with van der Waals surface area (Å²) in [7, 11) is 0. The molecule has 3 nitrogen and oxygen atoms in total. The first kappa shape index (κ1) is 13.9. The number of fused-ring (bicyclic) bond motifs is 1. The second kappa shape index (κ2) is 5.37. The van der Waals surface area contributed by atoms with Gasteiger partial charge in [0, 0.05) is 16.0 Å². The second-order valence-electron chi connectivity index (χ2n) is 4.05. The smallest absolute Gasteiger partial charge is 0.232 e. The van der Waals surface area contributed by atoms with Gasteiger partial charge in [-0.2, -0.15) is 4.98 Å². The molecular weight excluding hydrogens is 339 g/mol. The van der Waals surface area contributed by atoms with Crippen molar-refractivity contribution in [2.24, 2.45) is 0 Å². The molecule has 0 spiro atoms. The minimum atomic E-state index is 0.132. The summed E-state index contributed by atoms with van der Waals surface area (Å²) in [4.78, 5) is 10.2. The lowest BCUT2D eigenvalue weighted by atomic mass is 10.3. The molecule has 20 heavy (non-hydrogen) atoms. The number of ether oxygens (including phenoxy) is 1. The van der Waals surface area contributed by atoms with Crippen molar-refractivity contribution in [3.05, 3.63) is 44.5 Å². The van der Waals surface area contributed by atoms with Crippen LogP contribution in [0.5, 0.6) is 11.6 Å². The van der Waals surface area contributed by atoms with Gasteiger partial charge in [-0.25, -0.2) is 4.98 Å². The first-order valence-electron chi connectivity index (χ1n) is 5.59. The van der Waals surface area contributed by atoms with E-state index < -0.39 is 0 Å². The molecule has 0 aliphatic carbocycles. The van der Waals surface area contributed by atoms with Gasteiger partial charge in [0.05, 0.1) is 10.4 Å². The number of nitrogens with zero attached hydrogens (tertiary/aromatic N) is 2. The highest BCUT2D eigenvalue weighted by Crippen LogP contribution is 2.36. The largest absolute Gasteiger partial charge is 0.437 e. The summed E-state index contributed by atoms with van der Waals surface area (Å²) in [6.45, 7) is 1.98. The van der Waals surface area contributed by atoms with Crippen molar-refractivity contribution < 1.29 is 4.74 Å². The molecule has 0 saturated heterocycles. The molecule has 0 unspecified atom stereocenters. The van der Waals surface area contributed by atoms with E-state index in [0.717, 1.165) is 15.1 Å². The van der Waals surface area contributed by atoms with Gasteiger partial charge in [0.15, 0.2) is 0 Å². The number of hydrogen-bond donors (Lipinski definition) is 0. The monoisotopic (exact) mass is 344 g/mol. The maximum atomic E-state index is 6.08. The number of halogens is 3. The SMILES string of the molecule is Cc1cc2c(Oc3cc(Cl)ccc3Cl)nc(Cl)nc2s1. The first-order valence-corrected chi connectivity index (χ1v) is 7.54. The fourth-order valence-electron chi connectivity index (χ4n) is 1.73. The van der Waals surface area contributed by atoms with Crippen molar-refractivity contribution in [2.45, 2.75) is 6.92 Å². The van der Waals surface area contributed by atoms with Crippen molar-refractivity contribution in [3.63, 3.8) is 0 Å². The Morgan fingerprint density at radius 2 is 1.90 bits per heavy atom. The maximum Gasteiger partial charge on any atom is 0.232 e. The third-order valence-electron chi connectivity index (χ3n) is 2.55. The number of hydrogen-bond acceptors (Lipinski definition) is 4. The van der Waals surface area contributed by atoms with Gasteiger partial charge in [0.25, 0.3) is 0 Å². The fourth-order valence-corrected chi connectivity index (χ4v) is 3.13. The molecule has 102 valence electrons. The van der Waals surface area contributed by atoms with Crippen LogP contribution in [-0.2, 0) is 0 Å². The lowest BCUT2D eigenvalue weighted by molar-refractivity contribution is 0.469. The lowest BCUT2D eigenvalue weighted by Crippen LogP contribution is -1.91. The fraction of sp³-hybridized carbons (Fsp3) is 0.0769. The van der Waals surface area contributed by atoms with E-state index in [-0.39, 0.29) is 5.28 Å². The topological polar surface area (TPSA) is 35.0 Å². The van der Waals surface area contributed by atoms with E-state index in [4.69, 9.17) is 39.5 Å². The molecule has 0 saturated carbocycles. The Hall–Kier alpha value is -1.07. The molecule has 3 aromatic rings. The summed E-state index contributed by atoms with van der Waals surface area (Å²) < 4.78 is 5.75. The number of thiophene rings is 1. The molecule has 0 fully saturated rings. The van der Waals surface area contributed by atoms with Gasteiger partial charge in [-0.05, 0) is 36.7 Å². The maximum absolute atomic E-state index is 6.08. The van der Waals surface area contributed by atoms with E-state index in [2.05, 4.69) is 9.97 Å². The van der Waals surface area contributed by atoms with Crippen molar-refractivity contribution in [1.82, 2.24) is 9.97 Å². The predicted molar refractivity (Wildman–Crippen MR) is 83.7 cm³/mol. The molecule has 2 heterocycles. The van der Waals surface area contributed by atoms with Gasteiger partial charge in [-0.1, -0.05) is 23.2 Å². The minimum absolute atomic E-state index is 0.132. The summed E-state index contributed by atoms with van der Waals surface area (Å²) in [5.41, 5.74) is 0. The van der Waals surface area contributed by atoms with Crippen LogP contribution in [0, 0.1) is 6.92 Å². The van der Waals surface area contributed by atoms with E-state index in [1.807, 2.05) is 13.0 Å². The van der Waals surface area contributed by atoms with Crippen LogP contribution >= 0.6 is 46.1 Å². The molecule has 0 radical (unpaired) electrons. The quantitative estimate of drug-likeness (QED) is 0.554. The lowest BCUT2D eigenvalue weighted by Gasteiger charge is -2.08. The molecular formula is C13H7Cl3N2OS. The van der Waals surface area contributed by atoms with Crippen LogP contribution in [0.2, 0.25) is 15.3 Å². The number of aryl methyl sites for hydroxylation is 1. The first-order chi connectivity index (χ1) is 9.52. The molecule has 0 aliphatic heterocycles. The van der Waals surface area contributed by atoms with Crippen LogP contribution in [0.3, 0.4) is 0 Å². The van der Waals surface area contributed by atoms with Crippen molar-refractivity contribution in [3.8, 4) is 11.6 Å². The molecule has 2 aromatic heterocycles. The average Bonchev–Trinajstić information content (AvgIpc) is 2.74. The summed E-state index contributed by atoms with van der Waals surface area (Å²) in [6, 6.07) is 6.93. The molecule has 0 aliphatic rings. The summed E-state index contributed by atoms with van der Waals surface area (Å²) in [5.74, 6) is 0.799. The molecule has 7 heteroatoms. The van der Waals surface area contributed by atoms with Crippen molar-refractivity contribution >= 4 is 56.4 Å². The standard InChI is InChI=1S/C13H7Cl3N2OS/c1-6-4-8-11(17-13(16)18-12(8)20-6)19-10-5-7(14)2-3-9(10)15/h2-5H,1H3. The Morgan fingerprint density at radius 3 is 2.70 bits per heavy atom. The molecule has 1 aromatic carbocycles. The zero-order valence-electron chi connectivity index (χ0n) is 10.2. The van der Waals surface area contributed by atoms with E-state index >= 15 is 0 Å². The van der Waals surface area contributed by atoms with Crippen molar-refractivity contribution in [2.75, 3.05) is 0 Å². The Morgan fingerprint density at radius 1 is 1.10 bits per heavy atom. The highest BCUT2D eigenvalue weighted by Gasteiger charge is 2.13. The van der Waals surface area contributed by atoms with Crippen LogP contribution in [0.15, 0.2) is 24.3 Å². The van der Waals surface area contributed by atoms with Crippen molar-refractivity contribution in [1.29, 1.82) is 0 Å². The van der Waals surface area contributed by atoms with Gasteiger partial charge in [-0.3, -0.25) is 0 Å². The highest BCUT2D eigenvalue weighted by molar-refractivity contribution is 7.18. The molecule has 3 rings (SSSR count). The summed E-state index contributed by atoms with van der Waals surface area (Å²) in [6.07, 6.45) is 0. The van der Waals surface area contributed by atoms with Crippen LogP contribution in [0.1, 0.15) is 4.88 Å². The second-order valence-corrected chi connectivity index (χ2v) is 6.47. The van der Waals surface area contributed by atoms with E-state index in [1.54, 1.807) is 18.2 Å². The summed E-state index contributed by atoms with van der Waals surface area (Å²) >= 11 is 19.5. The van der Waals surface area contributed by atoms with Gasteiger partial charge >= 0.3 is 0 Å². The molecule has 0 amide bonds. The highest BCUT2D eigenvalue weighted by atomic mass is 35.5. The van der Waals surface area contributed by atoms with Gasteiger partial charge in [-0.15, -0.1) is 11.3 Å². The number of rotatable bonds is 2. The van der Waals surface area contributed by atoms with Gasteiger partial charge in [0.2, 0.25) is 11.2 Å². The third kappa shape index (κ3) is 2.69. The Kier molecular flexibility index (Phi) is 3.73. The Labute approximate surface area is 134 Å². The predicted octanol–water partition coefficient (Wildman–Crippen LogP) is 5.75. The van der Waals surface area contributed by atoms with Crippen LogP contribution in [0.4, 0.5) is 0 Å². The average molecular weight is 346 g/mol. The van der Waals surface area contributed by atoms with Gasteiger partial charge in [0.1, 0.15) is 10.6 Å². The zero-order valence-corrected chi connectivity index (χ0v) is 13.2. The van der Waals surface area contributed by atoms with Crippen LogP contribution in [-0.4, -0.2) is 9.97 Å². The zero-order chi connectivity index (χ0) is 14.3. The molecule has 0 atom stereocenters. The van der Waals surface area contributed by atoms with Crippen LogP contribution in [0.25, 0.3) is 10.2 Å². The summed E-state index contributed by atoms with van der Waals surface area (Å²) in [5, 5.41) is 1.91. The Bertz CT molecular complexity index is 804. The van der Waals surface area contributed by atoms with E-state index in [9.17, 15) is 0 Å². The molecule has 0 bridgehead atoms. The van der Waals surface area contributed by atoms with Gasteiger partial charge < -0.3 is 4.74 Å². The number of benzene rings is 1. The number of aromatic nitrogens is 2.